The van der Waals surface area contributed by atoms with Crippen LogP contribution in [0.4, 0.5) is 5.88 Å². The molecular formula is C15H15N3O5S2. The number of thioether (sulfide) groups is 1. The van der Waals surface area contributed by atoms with Crippen molar-refractivity contribution in [3.8, 4) is 0 Å². The molecule has 0 saturated carbocycles. The fourth-order valence-electron chi connectivity index (χ4n) is 1.86. The number of carbonyl (C=O) groups is 2. The first kappa shape index (κ1) is 18.9. The largest absolute Gasteiger partial charge is 0.433 e. The molecular weight excluding hydrogens is 366 g/mol. The van der Waals surface area contributed by atoms with Gasteiger partial charge in [0.2, 0.25) is 5.91 Å². The van der Waals surface area contributed by atoms with Gasteiger partial charge in [0.15, 0.2) is 4.32 Å². The molecule has 1 aliphatic rings. The average molecular weight is 381 g/mol. The van der Waals surface area contributed by atoms with E-state index in [0.29, 0.717) is 11.3 Å². The molecule has 1 aromatic heterocycles. The van der Waals surface area contributed by atoms with Crippen molar-refractivity contribution in [2.75, 3.05) is 0 Å². The zero-order valence-corrected chi connectivity index (χ0v) is 14.9. The topological polar surface area (TPSA) is 106 Å². The van der Waals surface area contributed by atoms with Crippen molar-refractivity contribution in [2.24, 2.45) is 0 Å². The molecule has 10 heteroatoms. The van der Waals surface area contributed by atoms with Gasteiger partial charge in [-0.05, 0) is 36.9 Å². The van der Waals surface area contributed by atoms with Gasteiger partial charge in [0.05, 0.1) is 11.0 Å². The van der Waals surface area contributed by atoms with E-state index in [1.54, 1.807) is 0 Å². The lowest BCUT2D eigenvalue weighted by molar-refractivity contribution is -0.402. The molecule has 132 valence electrons. The highest BCUT2D eigenvalue weighted by molar-refractivity contribution is 8.26. The summed E-state index contributed by atoms with van der Waals surface area (Å²) in [5.74, 6) is -0.764. The molecule has 1 N–H and O–H groups in total. The predicted octanol–water partition coefficient (Wildman–Crippen LogP) is 3.17. The number of hydrazine groups is 1. The van der Waals surface area contributed by atoms with E-state index in [9.17, 15) is 19.7 Å². The monoisotopic (exact) mass is 381 g/mol. The van der Waals surface area contributed by atoms with Crippen LogP contribution < -0.4 is 5.43 Å². The number of nitrogens with zero attached hydrogens (tertiary/aromatic N) is 2. The third-order valence-electron chi connectivity index (χ3n) is 3.09. The van der Waals surface area contributed by atoms with Gasteiger partial charge in [0, 0.05) is 6.42 Å². The lowest BCUT2D eigenvalue weighted by Crippen LogP contribution is -2.44. The highest BCUT2D eigenvalue weighted by atomic mass is 32.2. The summed E-state index contributed by atoms with van der Waals surface area (Å²) in [5, 5.41) is 11.6. The van der Waals surface area contributed by atoms with Crippen LogP contribution >= 0.6 is 24.0 Å². The number of rotatable bonds is 7. The number of carbonyl (C=O) groups excluding carboxylic acids is 2. The van der Waals surface area contributed by atoms with Crippen molar-refractivity contribution in [1.29, 1.82) is 0 Å². The summed E-state index contributed by atoms with van der Waals surface area (Å²) >= 11 is 6.15. The van der Waals surface area contributed by atoms with E-state index in [1.807, 2.05) is 6.92 Å². The lowest BCUT2D eigenvalue weighted by atomic mass is 10.2. The fourth-order valence-corrected chi connectivity index (χ4v) is 2.99. The Morgan fingerprint density at radius 2 is 2.28 bits per heavy atom. The smallest absolute Gasteiger partial charge is 0.401 e. The molecule has 2 rings (SSSR count). The van der Waals surface area contributed by atoms with Gasteiger partial charge in [0.1, 0.15) is 10.7 Å². The first-order valence-corrected chi connectivity index (χ1v) is 8.63. The predicted molar refractivity (Wildman–Crippen MR) is 97.2 cm³/mol. The normalized spacial score (nSPS) is 16.2. The zero-order chi connectivity index (χ0) is 18.4. The van der Waals surface area contributed by atoms with E-state index in [0.717, 1.165) is 29.6 Å². The van der Waals surface area contributed by atoms with E-state index in [2.05, 4.69) is 5.43 Å². The number of amides is 2. The molecule has 25 heavy (non-hydrogen) atoms. The number of hydrogen-bond acceptors (Lipinski definition) is 7. The molecule has 1 fully saturated rings. The second kappa shape index (κ2) is 8.58. The molecule has 0 unspecified atom stereocenters. The van der Waals surface area contributed by atoms with Crippen molar-refractivity contribution >= 4 is 52.1 Å². The summed E-state index contributed by atoms with van der Waals surface area (Å²) in [6, 6.07) is 2.69. The van der Waals surface area contributed by atoms with Crippen LogP contribution in [0.2, 0.25) is 0 Å². The third kappa shape index (κ3) is 5.00. The van der Waals surface area contributed by atoms with E-state index < -0.39 is 10.8 Å². The number of allylic oxidation sites excluding steroid dienone is 2. The number of unbranched alkanes of at least 4 members (excludes halogenated alkanes) is 1. The van der Waals surface area contributed by atoms with Gasteiger partial charge in [-0.15, -0.1) is 0 Å². The van der Waals surface area contributed by atoms with Gasteiger partial charge in [0.25, 0.3) is 5.91 Å². The molecule has 1 aliphatic heterocycles. The Hall–Kier alpha value is -2.46. The number of furan rings is 1. The van der Waals surface area contributed by atoms with E-state index in [1.165, 1.54) is 30.4 Å². The molecule has 0 radical (unpaired) electrons. The minimum atomic E-state index is -0.635. The van der Waals surface area contributed by atoms with Crippen molar-refractivity contribution in [1.82, 2.24) is 10.4 Å². The second-order valence-electron chi connectivity index (χ2n) is 4.97. The minimum Gasteiger partial charge on any atom is -0.401 e. The summed E-state index contributed by atoms with van der Waals surface area (Å²) in [6.07, 6.45) is 6.44. The number of thiocarbonyl (C=S) groups is 1. The lowest BCUT2D eigenvalue weighted by Gasteiger charge is -2.15. The van der Waals surface area contributed by atoms with Crippen LogP contribution in [0.1, 0.15) is 31.9 Å². The van der Waals surface area contributed by atoms with Crippen LogP contribution in [0.25, 0.3) is 6.08 Å². The Morgan fingerprint density at radius 3 is 2.92 bits per heavy atom. The summed E-state index contributed by atoms with van der Waals surface area (Å²) in [4.78, 5) is 34.2. The third-order valence-corrected chi connectivity index (χ3v) is 4.41. The number of nitro groups is 1. The first-order valence-electron chi connectivity index (χ1n) is 7.40. The summed E-state index contributed by atoms with van der Waals surface area (Å²) in [7, 11) is 0. The van der Waals surface area contributed by atoms with Gasteiger partial charge in [-0.3, -0.25) is 25.1 Å². The van der Waals surface area contributed by atoms with Crippen LogP contribution in [0.5, 0.6) is 0 Å². The zero-order valence-electron chi connectivity index (χ0n) is 13.3. The molecule has 1 saturated heterocycles. The maximum absolute atomic E-state index is 12.2. The van der Waals surface area contributed by atoms with Crippen molar-refractivity contribution in [2.45, 2.75) is 26.2 Å². The van der Waals surface area contributed by atoms with E-state index in [-0.39, 0.29) is 21.9 Å². The van der Waals surface area contributed by atoms with Crippen molar-refractivity contribution in [3.05, 3.63) is 45.1 Å². The van der Waals surface area contributed by atoms with Crippen molar-refractivity contribution < 1.29 is 18.9 Å². The van der Waals surface area contributed by atoms with Gasteiger partial charge in [-0.25, -0.2) is 0 Å². The van der Waals surface area contributed by atoms with Crippen LogP contribution in [0.3, 0.4) is 0 Å². The maximum Gasteiger partial charge on any atom is 0.433 e. The first-order chi connectivity index (χ1) is 11.9. The van der Waals surface area contributed by atoms with Gasteiger partial charge >= 0.3 is 5.88 Å². The molecule has 0 aliphatic carbocycles. The standard InChI is InChI=1S/C15H15N3O5S2/c1-2-3-7-12(19)16-17-14(20)11(25-15(17)24)6-4-5-10-8-9-13(23-10)18(21)22/h4-6,8-9H,2-3,7H2,1H3,(H,16,19)/b5-4+,11-6+. The number of hydrogen-bond donors (Lipinski definition) is 1. The highest BCUT2D eigenvalue weighted by Gasteiger charge is 2.33. The molecule has 2 amide bonds. The highest BCUT2D eigenvalue weighted by Crippen LogP contribution is 2.29. The van der Waals surface area contributed by atoms with Crippen LogP contribution in [0.15, 0.2) is 33.6 Å². The summed E-state index contributed by atoms with van der Waals surface area (Å²) in [6.45, 7) is 1.97. The van der Waals surface area contributed by atoms with E-state index in [4.69, 9.17) is 16.6 Å². The molecule has 0 bridgehead atoms. The molecule has 2 heterocycles. The Balaban J connectivity index is 2.00. The molecule has 8 nitrogen and oxygen atoms in total. The molecule has 0 spiro atoms. The quantitative estimate of drug-likeness (QED) is 0.335. The molecule has 1 aromatic rings. The van der Waals surface area contributed by atoms with Gasteiger partial charge in [-0.2, -0.15) is 5.01 Å². The Bertz CT molecular complexity index is 769. The second-order valence-corrected chi connectivity index (χ2v) is 6.65. The maximum atomic E-state index is 12.2. The Morgan fingerprint density at radius 1 is 1.52 bits per heavy atom. The molecule has 0 atom stereocenters. The van der Waals surface area contributed by atoms with Crippen molar-refractivity contribution in [3.63, 3.8) is 0 Å². The van der Waals surface area contributed by atoms with Gasteiger partial charge < -0.3 is 4.42 Å². The molecule has 0 aromatic carbocycles. The summed E-state index contributed by atoms with van der Waals surface area (Å²) < 4.78 is 5.21. The Kier molecular flexibility index (Phi) is 6.48. The summed E-state index contributed by atoms with van der Waals surface area (Å²) in [5.41, 5.74) is 2.49. The van der Waals surface area contributed by atoms with Gasteiger partial charge in [-0.1, -0.05) is 31.2 Å². The SMILES string of the molecule is CCCCC(=O)NN1C(=O)/C(=C\C=C\c2ccc([N+](=O)[O-])o2)SC1=S. The number of nitrogens with one attached hydrogen (secondary N) is 1. The van der Waals surface area contributed by atoms with Crippen LogP contribution in [-0.4, -0.2) is 26.1 Å². The van der Waals surface area contributed by atoms with Crippen LogP contribution in [-0.2, 0) is 9.59 Å². The van der Waals surface area contributed by atoms with Crippen LogP contribution in [0, 0.1) is 10.1 Å². The Labute approximate surface area is 153 Å². The average Bonchev–Trinajstić information content (AvgIpc) is 3.14. The fraction of sp³-hybridized carbons (Fsp3) is 0.267. The minimum absolute atomic E-state index is 0.239. The van der Waals surface area contributed by atoms with E-state index >= 15 is 0 Å².